The van der Waals surface area contributed by atoms with Crippen LogP contribution in [0, 0.1) is 11.8 Å². The topological polar surface area (TPSA) is 26.3 Å². The number of esters is 1. The quantitative estimate of drug-likeness (QED) is 0.361. The van der Waals surface area contributed by atoms with Gasteiger partial charge in [-0.25, -0.2) is 0 Å². The van der Waals surface area contributed by atoms with Crippen LogP contribution >= 0.6 is 0 Å². The lowest BCUT2D eigenvalue weighted by Crippen LogP contribution is -2.28. The molecule has 0 N–H and O–H groups in total. The average molecular weight is 323 g/mol. The molecule has 2 nitrogen and oxygen atoms in total. The first-order valence-electron chi connectivity index (χ1n) is 10.5. The van der Waals surface area contributed by atoms with Crippen LogP contribution in [0.15, 0.2) is 0 Å². The van der Waals surface area contributed by atoms with E-state index >= 15 is 0 Å². The van der Waals surface area contributed by atoms with Crippen LogP contribution in [-0.2, 0) is 9.53 Å². The highest BCUT2D eigenvalue weighted by Crippen LogP contribution is 2.37. The Morgan fingerprint density at radius 3 is 2.30 bits per heavy atom. The molecule has 0 aromatic heterocycles. The normalized spacial score (nSPS) is 28.0. The van der Waals surface area contributed by atoms with Crippen LogP contribution in [0.2, 0.25) is 0 Å². The van der Waals surface area contributed by atoms with E-state index in [0.29, 0.717) is 12.3 Å². The van der Waals surface area contributed by atoms with Crippen molar-refractivity contribution in [2.75, 3.05) is 0 Å². The number of hydrogen-bond acceptors (Lipinski definition) is 2. The van der Waals surface area contributed by atoms with Gasteiger partial charge in [0.05, 0.1) is 0 Å². The van der Waals surface area contributed by atoms with Crippen molar-refractivity contribution in [3.8, 4) is 0 Å². The molecule has 0 saturated heterocycles. The van der Waals surface area contributed by atoms with E-state index in [1.54, 1.807) is 0 Å². The van der Waals surface area contributed by atoms with Crippen LogP contribution in [0.5, 0.6) is 0 Å². The molecular weight excluding hydrogens is 284 g/mol. The molecule has 2 aliphatic carbocycles. The lowest BCUT2D eigenvalue weighted by Gasteiger charge is -2.28. The first kappa shape index (κ1) is 18.8. The van der Waals surface area contributed by atoms with Gasteiger partial charge in [-0.3, -0.25) is 4.79 Å². The Labute approximate surface area is 143 Å². The molecule has 134 valence electrons. The van der Waals surface area contributed by atoms with Crippen LogP contribution in [0.1, 0.15) is 110 Å². The van der Waals surface area contributed by atoms with Crippen LogP contribution in [0.4, 0.5) is 0 Å². The van der Waals surface area contributed by atoms with Crippen molar-refractivity contribution in [1.82, 2.24) is 0 Å². The fourth-order valence-electron chi connectivity index (χ4n) is 4.52. The summed E-state index contributed by atoms with van der Waals surface area (Å²) in [5.74, 6) is 1.69. The molecule has 2 aliphatic rings. The zero-order valence-electron chi connectivity index (χ0n) is 15.4. The maximum absolute atomic E-state index is 12.2. The summed E-state index contributed by atoms with van der Waals surface area (Å²) in [6.07, 6.45) is 20.1. The number of ether oxygens (including phenoxy) is 1. The number of hydrogen-bond donors (Lipinski definition) is 0. The Hall–Kier alpha value is -0.530. The molecule has 2 fully saturated rings. The predicted octanol–water partition coefficient (Wildman–Crippen LogP) is 6.42. The summed E-state index contributed by atoms with van der Waals surface area (Å²) in [7, 11) is 0. The molecule has 2 rings (SSSR count). The molecule has 0 spiro atoms. The van der Waals surface area contributed by atoms with E-state index in [9.17, 15) is 4.79 Å². The number of fused-ring (bicyclic) bond motifs is 3. The third-order valence-corrected chi connectivity index (χ3v) is 6.03. The highest BCUT2D eigenvalue weighted by atomic mass is 16.5. The molecule has 3 atom stereocenters. The van der Waals surface area contributed by atoms with Gasteiger partial charge < -0.3 is 4.74 Å². The van der Waals surface area contributed by atoms with Gasteiger partial charge in [0.2, 0.25) is 0 Å². The second-order valence-electron chi connectivity index (χ2n) is 7.96. The SMILES string of the molecule is CCCCCCCCCC(=O)OC1CCCC2CCCC1CC2. The monoisotopic (exact) mass is 322 g/mol. The molecular formula is C21H38O2. The lowest BCUT2D eigenvalue weighted by atomic mass is 9.85. The van der Waals surface area contributed by atoms with Crippen LogP contribution in [0.25, 0.3) is 0 Å². The minimum Gasteiger partial charge on any atom is -0.462 e. The third-order valence-electron chi connectivity index (χ3n) is 6.03. The van der Waals surface area contributed by atoms with Crippen molar-refractivity contribution < 1.29 is 9.53 Å². The number of rotatable bonds is 9. The second kappa shape index (κ2) is 11.1. The molecule has 2 heteroatoms. The fraction of sp³-hybridized carbons (Fsp3) is 0.952. The van der Waals surface area contributed by atoms with E-state index < -0.39 is 0 Å². The highest BCUT2D eigenvalue weighted by molar-refractivity contribution is 5.69. The molecule has 0 amide bonds. The molecule has 2 bridgehead atoms. The summed E-state index contributed by atoms with van der Waals surface area (Å²) in [5.41, 5.74) is 0. The van der Waals surface area contributed by atoms with E-state index in [1.165, 1.54) is 83.5 Å². The Kier molecular flexibility index (Phi) is 9.07. The molecule has 2 saturated carbocycles. The van der Waals surface area contributed by atoms with Gasteiger partial charge in [-0.15, -0.1) is 0 Å². The molecule has 23 heavy (non-hydrogen) atoms. The minimum atomic E-state index is 0.0740. The second-order valence-corrected chi connectivity index (χ2v) is 7.96. The zero-order valence-corrected chi connectivity index (χ0v) is 15.4. The van der Waals surface area contributed by atoms with Gasteiger partial charge in [-0.1, -0.05) is 71.1 Å². The summed E-state index contributed by atoms with van der Waals surface area (Å²) < 4.78 is 5.92. The summed E-state index contributed by atoms with van der Waals surface area (Å²) >= 11 is 0. The van der Waals surface area contributed by atoms with E-state index in [1.807, 2.05) is 0 Å². The van der Waals surface area contributed by atoms with Crippen LogP contribution in [-0.4, -0.2) is 12.1 Å². The summed E-state index contributed by atoms with van der Waals surface area (Å²) in [6.45, 7) is 2.25. The van der Waals surface area contributed by atoms with E-state index in [-0.39, 0.29) is 12.1 Å². The zero-order chi connectivity index (χ0) is 16.3. The Bertz CT molecular complexity index is 326. The number of carbonyl (C=O) groups excluding carboxylic acids is 1. The predicted molar refractivity (Wildman–Crippen MR) is 96.4 cm³/mol. The summed E-state index contributed by atoms with van der Waals surface area (Å²) in [5, 5.41) is 0. The largest absolute Gasteiger partial charge is 0.462 e. The average Bonchev–Trinajstić information content (AvgIpc) is 2.72. The van der Waals surface area contributed by atoms with Gasteiger partial charge in [0.1, 0.15) is 6.10 Å². The van der Waals surface area contributed by atoms with Crippen molar-refractivity contribution in [2.45, 2.75) is 116 Å². The molecule has 0 heterocycles. The first-order valence-corrected chi connectivity index (χ1v) is 10.5. The van der Waals surface area contributed by atoms with Gasteiger partial charge >= 0.3 is 5.97 Å². The fourth-order valence-corrected chi connectivity index (χ4v) is 4.52. The smallest absolute Gasteiger partial charge is 0.306 e. The van der Waals surface area contributed by atoms with E-state index in [4.69, 9.17) is 4.74 Å². The lowest BCUT2D eigenvalue weighted by molar-refractivity contribution is -0.153. The minimum absolute atomic E-state index is 0.0740. The molecule has 0 aromatic rings. The van der Waals surface area contributed by atoms with Crippen molar-refractivity contribution >= 4 is 5.97 Å². The summed E-state index contributed by atoms with van der Waals surface area (Å²) in [4.78, 5) is 12.2. The first-order chi connectivity index (χ1) is 11.3. The third kappa shape index (κ3) is 7.27. The number of carbonyl (C=O) groups is 1. The summed E-state index contributed by atoms with van der Waals surface area (Å²) in [6, 6.07) is 0. The highest BCUT2D eigenvalue weighted by Gasteiger charge is 2.30. The van der Waals surface area contributed by atoms with Crippen LogP contribution < -0.4 is 0 Å². The van der Waals surface area contributed by atoms with E-state index in [2.05, 4.69) is 6.92 Å². The van der Waals surface area contributed by atoms with Gasteiger partial charge in [0, 0.05) is 6.42 Å². The number of unbranched alkanes of at least 4 members (excludes halogenated alkanes) is 6. The molecule has 0 radical (unpaired) electrons. The Morgan fingerprint density at radius 2 is 1.52 bits per heavy atom. The maximum atomic E-state index is 12.2. The standard InChI is InChI=1S/C21H38O2/c1-2-3-4-5-6-7-8-15-21(22)23-20-14-10-12-18-11-9-13-19(20)17-16-18/h18-20H,2-17H2,1H3. The van der Waals surface area contributed by atoms with Gasteiger partial charge in [0.25, 0.3) is 0 Å². The maximum Gasteiger partial charge on any atom is 0.306 e. The van der Waals surface area contributed by atoms with Crippen LogP contribution in [0.3, 0.4) is 0 Å². The molecule has 0 aliphatic heterocycles. The van der Waals surface area contributed by atoms with Gasteiger partial charge in [0.15, 0.2) is 0 Å². The Morgan fingerprint density at radius 1 is 0.826 bits per heavy atom. The molecule has 3 unspecified atom stereocenters. The van der Waals surface area contributed by atoms with Gasteiger partial charge in [-0.2, -0.15) is 0 Å². The van der Waals surface area contributed by atoms with Crippen molar-refractivity contribution in [3.05, 3.63) is 0 Å². The Balaban J connectivity index is 1.61. The van der Waals surface area contributed by atoms with Crippen molar-refractivity contribution in [1.29, 1.82) is 0 Å². The van der Waals surface area contributed by atoms with Gasteiger partial charge in [-0.05, 0) is 43.9 Å². The van der Waals surface area contributed by atoms with Crippen molar-refractivity contribution in [2.24, 2.45) is 11.8 Å². The molecule has 0 aromatic carbocycles. The van der Waals surface area contributed by atoms with E-state index in [0.717, 1.165) is 18.8 Å². The van der Waals surface area contributed by atoms with Crippen molar-refractivity contribution in [3.63, 3.8) is 0 Å².